The summed E-state index contributed by atoms with van der Waals surface area (Å²) in [6, 6.07) is 17.1. The number of sulfone groups is 1. The standard InChI is InChI=1S/C19H20O4S2/c20-19(23-12-10-15-6-2-1-3-7-15)17-8-4-5-9-18(17)24-16-11-13-25(21,22)14-16/h1-9,16H,10-14H2/t16-/m1/s1. The van der Waals surface area contributed by atoms with Crippen LogP contribution in [0, 0.1) is 0 Å². The minimum atomic E-state index is -2.93. The third-order valence-corrected chi connectivity index (χ3v) is 7.38. The Labute approximate surface area is 152 Å². The first-order chi connectivity index (χ1) is 12.0. The Morgan fingerprint density at radius 2 is 1.80 bits per heavy atom. The molecule has 25 heavy (non-hydrogen) atoms. The van der Waals surface area contributed by atoms with Gasteiger partial charge in [-0.3, -0.25) is 0 Å². The molecule has 1 aliphatic rings. The van der Waals surface area contributed by atoms with Gasteiger partial charge in [0.05, 0.1) is 23.7 Å². The number of rotatable bonds is 6. The summed E-state index contributed by atoms with van der Waals surface area (Å²) in [4.78, 5) is 13.2. The predicted molar refractivity (Wildman–Crippen MR) is 99.8 cm³/mol. The molecule has 2 aromatic carbocycles. The number of benzene rings is 2. The number of hydrogen-bond acceptors (Lipinski definition) is 5. The molecule has 0 spiro atoms. The lowest BCUT2D eigenvalue weighted by Crippen LogP contribution is -2.11. The summed E-state index contributed by atoms with van der Waals surface area (Å²) in [7, 11) is -2.93. The van der Waals surface area contributed by atoms with E-state index < -0.39 is 9.84 Å². The SMILES string of the molecule is O=C(OCCc1ccccc1)c1ccccc1S[C@@H]1CCS(=O)(=O)C1. The van der Waals surface area contributed by atoms with Crippen molar-refractivity contribution < 1.29 is 17.9 Å². The lowest BCUT2D eigenvalue weighted by atomic mass is 10.2. The van der Waals surface area contributed by atoms with Gasteiger partial charge in [-0.05, 0) is 24.1 Å². The van der Waals surface area contributed by atoms with Crippen molar-refractivity contribution in [3.63, 3.8) is 0 Å². The van der Waals surface area contributed by atoms with Crippen LogP contribution < -0.4 is 0 Å². The Bertz CT molecular complexity index is 832. The third-order valence-electron chi connectivity index (χ3n) is 4.06. The maximum Gasteiger partial charge on any atom is 0.339 e. The van der Waals surface area contributed by atoms with Gasteiger partial charge in [0.15, 0.2) is 9.84 Å². The van der Waals surface area contributed by atoms with E-state index >= 15 is 0 Å². The Balaban J connectivity index is 1.61. The molecular weight excluding hydrogens is 356 g/mol. The Morgan fingerprint density at radius 3 is 2.52 bits per heavy atom. The molecule has 0 aromatic heterocycles. The molecule has 0 N–H and O–H groups in total. The highest BCUT2D eigenvalue weighted by Gasteiger charge is 2.29. The van der Waals surface area contributed by atoms with Gasteiger partial charge in [0.2, 0.25) is 0 Å². The van der Waals surface area contributed by atoms with E-state index in [0.717, 1.165) is 10.5 Å². The molecule has 0 bridgehead atoms. The van der Waals surface area contributed by atoms with Gasteiger partial charge >= 0.3 is 5.97 Å². The van der Waals surface area contributed by atoms with Crippen molar-refractivity contribution in [2.24, 2.45) is 0 Å². The summed E-state index contributed by atoms with van der Waals surface area (Å²) in [5.74, 6) is 0.0449. The summed E-state index contributed by atoms with van der Waals surface area (Å²) < 4.78 is 28.6. The molecule has 1 saturated heterocycles. The quantitative estimate of drug-likeness (QED) is 0.724. The van der Waals surface area contributed by atoms with Crippen LogP contribution in [0.2, 0.25) is 0 Å². The van der Waals surface area contributed by atoms with Crippen LogP contribution in [0.4, 0.5) is 0 Å². The Kier molecular flexibility index (Phi) is 5.81. The maximum absolute atomic E-state index is 12.4. The second kappa shape index (κ2) is 8.06. The molecule has 6 heteroatoms. The summed E-state index contributed by atoms with van der Waals surface area (Å²) >= 11 is 1.46. The van der Waals surface area contributed by atoms with E-state index in [1.54, 1.807) is 12.1 Å². The first-order valence-electron chi connectivity index (χ1n) is 8.21. The molecule has 1 heterocycles. The number of hydrogen-bond donors (Lipinski definition) is 0. The Morgan fingerprint density at radius 1 is 1.08 bits per heavy atom. The minimum Gasteiger partial charge on any atom is -0.462 e. The molecule has 4 nitrogen and oxygen atoms in total. The molecule has 0 saturated carbocycles. The maximum atomic E-state index is 12.4. The van der Waals surface area contributed by atoms with E-state index in [9.17, 15) is 13.2 Å². The number of carbonyl (C=O) groups is 1. The van der Waals surface area contributed by atoms with Crippen molar-refractivity contribution >= 4 is 27.6 Å². The third kappa shape index (κ3) is 5.09. The van der Waals surface area contributed by atoms with Gasteiger partial charge in [-0.25, -0.2) is 13.2 Å². The molecule has 2 aromatic rings. The Hall–Kier alpha value is -1.79. The zero-order chi connectivity index (χ0) is 17.7. The average Bonchev–Trinajstić information content (AvgIpc) is 2.95. The van der Waals surface area contributed by atoms with Crippen molar-refractivity contribution in [1.82, 2.24) is 0 Å². The van der Waals surface area contributed by atoms with Crippen molar-refractivity contribution in [2.75, 3.05) is 18.1 Å². The highest BCUT2D eigenvalue weighted by atomic mass is 32.2. The van der Waals surface area contributed by atoms with Crippen LogP contribution >= 0.6 is 11.8 Å². The molecule has 0 aliphatic carbocycles. The summed E-state index contributed by atoms with van der Waals surface area (Å²) in [6.45, 7) is 0.319. The van der Waals surface area contributed by atoms with Crippen LogP contribution in [-0.2, 0) is 21.0 Å². The van der Waals surface area contributed by atoms with E-state index in [2.05, 4.69) is 0 Å². The average molecular weight is 376 g/mol. The van der Waals surface area contributed by atoms with Gasteiger partial charge in [0.25, 0.3) is 0 Å². The summed E-state index contributed by atoms with van der Waals surface area (Å²) in [6.07, 6.45) is 1.30. The smallest absolute Gasteiger partial charge is 0.339 e. The zero-order valence-electron chi connectivity index (χ0n) is 13.8. The van der Waals surface area contributed by atoms with E-state index in [1.807, 2.05) is 42.5 Å². The first kappa shape index (κ1) is 18.0. The second-order valence-electron chi connectivity index (χ2n) is 6.01. The lowest BCUT2D eigenvalue weighted by molar-refractivity contribution is 0.0505. The fraction of sp³-hybridized carbons (Fsp3) is 0.316. The van der Waals surface area contributed by atoms with E-state index in [0.29, 0.717) is 25.0 Å². The largest absolute Gasteiger partial charge is 0.462 e. The number of ether oxygens (including phenoxy) is 1. The van der Waals surface area contributed by atoms with Gasteiger partial charge in [0, 0.05) is 16.6 Å². The lowest BCUT2D eigenvalue weighted by Gasteiger charge is -2.12. The van der Waals surface area contributed by atoms with E-state index in [-0.39, 0.29) is 22.7 Å². The van der Waals surface area contributed by atoms with Crippen molar-refractivity contribution in [2.45, 2.75) is 23.0 Å². The summed E-state index contributed by atoms with van der Waals surface area (Å²) in [5, 5.41) is 0.00303. The van der Waals surface area contributed by atoms with Crippen LogP contribution in [-0.4, -0.2) is 37.7 Å². The molecule has 0 radical (unpaired) electrons. The predicted octanol–water partition coefficient (Wildman–Crippen LogP) is 3.37. The fourth-order valence-electron chi connectivity index (χ4n) is 2.76. The molecule has 0 unspecified atom stereocenters. The molecular formula is C19H20O4S2. The second-order valence-corrected chi connectivity index (χ2v) is 9.58. The molecule has 1 fully saturated rings. The monoisotopic (exact) mass is 376 g/mol. The van der Waals surface area contributed by atoms with Gasteiger partial charge < -0.3 is 4.74 Å². The van der Waals surface area contributed by atoms with Gasteiger partial charge in [-0.2, -0.15) is 0 Å². The molecule has 1 aliphatic heterocycles. The van der Waals surface area contributed by atoms with Crippen LogP contribution in [0.15, 0.2) is 59.5 Å². The molecule has 0 amide bonds. The van der Waals surface area contributed by atoms with Crippen LogP contribution in [0.5, 0.6) is 0 Å². The molecule has 3 rings (SSSR count). The topological polar surface area (TPSA) is 60.4 Å². The normalized spacial score (nSPS) is 18.8. The number of esters is 1. The highest BCUT2D eigenvalue weighted by Crippen LogP contribution is 2.33. The fourth-order valence-corrected chi connectivity index (χ4v) is 6.37. The molecule has 132 valence electrons. The van der Waals surface area contributed by atoms with E-state index in [1.165, 1.54) is 11.8 Å². The van der Waals surface area contributed by atoms with Crippen molar-refractivity contribution in [3.05, 3.63) is 65.7 Å². The van der Waals surface area contributed by atoms with Gasteiger partial charge in [0.1, 0.15) is 0 Å². The first-order valence-corrected chi connectivity index (χ1v) is 10.9. The highest BCUT2D eigenvalue weighted by molar-refractivity contribution is 8.02. The number of carbonyl (C=O) groups excluding carboxylic acids is 1. The minimum absolute atomic E-state index is 0.00303. The van der Waals surface area contributed by atoms with Crippen LogP contribution in [0.3, 0.4) is 0 Å². The zero-order valence-corrected chi connectivity index (χ0v) is 15.4. The number of thioether (sulfide) groups is 1. The molecule has 1 atom stereocenters. The summed E-state index contributed by atoms with van der Waals surface area (Å²) in [5.41, 5.74) is 1.62. The van der Waals surface area contributed by atoms with Gasteiger partial charge in [-0.15, -0.1) is 11.8 Å². The van der Waals surface area contributed by atoms with Crippen LogP contribution in [0.25, 0.3) is 0 Å². The van der Waals surface area contributed by atoms with Crippen molar-refractivity contribution in [3.8, 4) is 0 Å². The van der Waals surface area contributed by atoms with E-state index in [4.69, 9.17) is 4.74 Å². The van der Waals surface area contributed by atoms with Crippen molar-refractivity contribution in [1.29, 1.82) is 0 Å². The van der Waals surface area contributed by atoms with Crippen LogP contribution in [0.1, 0.15) is 22.3 Å². The van der Waals surface area contributed by atoms with Gasteiger partial charge in [-0.1, -0.05) is 42.5 Å².